The summed E-state index contributed by atoms with van der Waals surface area (Å²) >= 11 is 0. The predicted octanol–water partition coefficient (Wildman–Crippen LogP) is 1.88. The van der Waals surface area contributed by atoms with Crippen LogP contribution < -0.4 is 10.6 Å². The number of ether oxygens (including phenoxy) is 1. The summed E-state index contributed by atoms with van der Waals surface area (Å²) in [4.78, 5) is 13.5. The minimum atomic E-state index is -1.07. The Morgan fingerprint density at radius 1 is 1.40 bits per heavy atom. The van der Waals surface area contributed by atoms with Gasteiger partial charge in [0.05, 0.1) is 24.4 Å². The molecule has 0 radical (unpaired) electrons. The van der Waals surface area contributed by atoms with Gasteiger partial charge in [-0.2, -0.15) is 0 Å². The largest absolute Gasteiger partial charge is 0.373 e. The topological polar surface area (TPSA) is 55.6 Å². The van der Waals surface area contributed by atoms with E-state index in [4.69, 9.17) is 10.5 Å². The first-order valence-corrected chi connectivity index (χ1v) is 6.68. The van der Waals surface area contributed by atoms with Crippen molar-refractivity contribution in [1.82, 2.24) is 0 Å². The molecule has 2 heterocycles. The van der Waals surface area contributed by atoms with Gasteiger partial charge >= 0.3 is 0 Å². The molecule has 1 aromatic rings. The third-order valence-electron chi connectivity index (χ3n) is 3.91. The van der Waals surface area contributed by atoms with E-state index in [0.29, 0.717) is 0 Å². The fraction of sp³-hybridized carbons (Fsp3) is 0.500. The molecule has 1 amide bonds. The Morgan fingerprint density at radius 2 is 2.15 bits per heavy atom. The van der Waals surface area contributed by atoms with E-state index in [2.05, 4.69) is 0 Å². The summed E-state index contributed by atoms with van der Waals surface area (Å²) < 4.78 is 32.8. The van der Waals surface area contributed by atoms with Crippen molar-refractivity contribution in [3.05, 3.63) is 29.3 Å². The fourth-order valence-corrected chi connectivity index (χ4v) is 2.92. The van der Waals surface area contributed by atoms with Crippen molar-refractivity contribution in [3.63, 3.8) is 0 Å². The monoisotopic (exact) mass is 282 g/mol. The Balaban J connectivity index is 1.92. The number of carbonyl (C=O) groups excluding carboxylic acids is 1. The molecule has 6 heteroatoms. The van der Waals surface area contributed by atoms with E-state index in [9.17, 15) is 13.6 Å². The Hall–Kier alpha value is -1.53. The molecule has 2 aliphatic rings. The van der Waals surface area contributed by atoms with Crippen LogP contribution in [0.1, 0.15) is 31.4 Å². The second-order valence-corrected chi connectivity index (χ2v) is 5.39. The number of fused-ring (bicyclic) bond motifs is 1. The molecule has 108 valence electrons. The summed E-state index contributed by atoms with van der Waals surface area (Å²) in [5, 5.41) is 0. The zero-order valence-corrected chi connectivity index (χ0v) is 11.1. The third kappa shape index (κ3) is 2.09. The van der Waals surface area contributed by atoms with E-state index in [1.54, 1.807) is 0 Å². The summed E-state index contributed by atoms with van der Waals surface area (Å²) in [6.45, 7) is 2.25. The molecule has 0 aromatic heterocycles. The molecule has 0 saturated carbocycles. The lowest BCUT2D eigenvalue weighted by Gasteiger charge is -2.21. The van der Waals surface area contributed by atoms with Gasteiger partial charge in [0.15, 0.2) is 0 Å². The van der Waals surface area contributed by atoms with Crippen LogP contribution in [-0.4, -0.2) is 24.7 Å². The van der Waals surface area contributed by atoms with Gasteiger partial charge in [-0.25, -0.2) is 8.78 Å². The van der Waals surface area contributed by atoms with Crippen molar-refractivity contribution in [3.8, 4) is 0 Å². The zero-order chi connectivity index (χ0) is 14.4. The van der Waals surface area contributed by atoms with E-state index in [1.807, 2.05) is 6.92 Å². The highest BCUT2D eigenvalue weighted by molar-refractivity contribution is 6.04. The maximum Gasteiger partial charge on any atom is 0.248 e. The average molecular weight is 282 g/mol. The van der Waals surface area contributed by atoms with Crippen LogP contribution in [0.2, 0.25) is 0 Å². The van der Waals surface area contributed by atoms with E-state index in [-0.39, 0.29) is 30.0 Å². The van der Waals surface area contributed by atoms with Gasteiger partial charge in [0.2, 0.25) is 5.91 Å². The van der Waals surface area contributed by atoms with Crippen molar-refractivity contribution < 1.29 is 18.3 Å². The van der Waals surface area contributed by atoms with Crippen LogP contribution in [0.15, 0.2) is 12.1 Å². The van der Waals surface area contributed by atoms with Gasteiger partial charge < -0.3 is 15.4 Å². The van der Waals surface area contributed by atoms with Gasteiger partial charge in [-0.3, -0.25) is 4.79 Å². The standard InChI is InChI=1S/C14H16F2N2O2/c1-7-2-3-9(20-7)6-18-11-5-8(15)4-10(16)12(11)13(17)14(18)19/h4-5,7,9,13H,2-3,6,17H2,1H3. The number of hydrogen-bond donors (Lipinski definition) is 1. The summed E-state index contributed by atoms with van der Waals surface area (Å²) in [6.07, 6.45) is 1.78. The van der Waals surface area contributed by atoms with Crippen molar-refractivity contribution in [1.29, 1.82) is 0 Å². The van der Waals surface area contributed by atoms with Gasteiger partial charge in [-0.1, -0.05) is 0 Å². The van der Waals surface area contributed by atoms with Crippen LogP contribution in [0.4, 0.5) is 14.5 Å². The number of rotatable bonds is 2. The second-order valence-electron chi connectivity index (χ2n) is 5.39. The number of hydrogen-bond acceptors (Lipinski definition) is 3. The smallest absolute Gasteiger partial charge is 0.248 e. The Morgan fingerprint density at radius 3 is 2.80 bits per heavy atom. The molecular weight excluding hydrogens is 266 g/mol. The van der Waals surface area contributed by atoms with E-state index in [1.165, 1.54) is 4.90 Å². The summed E-state index contributed by atoms with van der Waals surface area (Å²) in [5.41, 5.74) is 6.04. The highest BCUT2D eigenvalue weighted by Gasteiger charge is 2.39. The Labute approximate surface area is 115 Å². The molecule has 2 N–H and O–H groups in total. The number of nitrogens with zero attached hydrogens (tertiary/aromatic N) is 1. The minimum Gasteiger partial charge on any atom is -0.373 e. The minimum absolute atomic E-state index is 0.0717. The van der Waals surface area contributed by atoms with Crippen LogP contribution in [0.25, 0.3) is 0 Å². The molecule has 0 aliphatic carbocycles. The van der Waals surface area contributed by atoms with Gasteiger partial charge in [-0.05, 0) is 25.8 Å². The van der Waals surface area contributed by atoms with Crippen LogP contribution >= 0.6 is 0 Å². The molecule has 0 spiro atoms. The van der Waals surface area contributed by atoms with Gasteiger partial charge in [0, 0.05) is 11.6 Å². The quantitative estimate of drug-likeness (QED) is 0.901. The van der Waals surface area contributed by atoms with Crippen molar-refractivity contribution >= 4 is 11.6 Å². The number of anilines is 1. The highest BCUT2D eigenvalue weighted by Crippen LogP contribution is 2.38. The molecule has 20 heavy (non-hydrogen) atoms. The van der Waals surface area contributed by atoms with E-state index >= 15 is 0 Å². The van der Waals surface area contributed by atoms with Gasteiger partial charge in [0.25, 0.3) is 0 Å². The molecular formula is C14H16F2N2O2. The van der Waals surface area contributed by atoms with Crippen LogP contribution in [-0.2, 0) is 9.53 Å². The lowest BCUT2D eigenvalue weighted by molar-refractivity contribution is -0.119. The first kappa shape index (κ1) is 13.5. The lowest BCUT2D eigenvalue weighted by Crippen LogP contribution is -2.37. The molecule has 3 unspecified atom stereocenters. The molecule has 4 nitrogen and oxygen atoms in total. The number of amides is 1. The molecule has 1 fully saturated rings. The maximum absolute atomic E-state index is 13.8. The normalized spacial score (nSPS) is 29.1. The molecule has 3 atom stereocenters. The molecule has 0 bridgehead atoms. The average Bonchev–Trinajstić information content (AvgIpc) is 2.87. The summed E-state index contributed by atoms with van der Waals surface area (Å²) in [7, 11) is 0. The number of nitrogens with two attached hydrogens (primary N) is 1. The van der Waals surface area contributed by atoms with Crippen molar-refractivity contribution in [2.75, 3.05) is 11.4 Å². The molecule has 3 rings (SSSR count). The third-order valence-corrected chi connectivity index (χ3v) is 3.91. The SMILES string of the molecule is CC1CCC(CN2C(=O)C(N)c3c(F)cc(F)cc32)O1. The zero-order valence-electron chi connectivity index (χ0n) is 11.1. The molecule has 1 saturated heterocycles. The second kappa shape index (κ2) is 4.79. The van der Waals surface area contributed by atoms with E-state index < -0.39 is 23.6 Å². The summed E-state index contributed by atoms with van der Waals surface area (Å²) in [5.74, 6) is -1.90. The molecule has 1 aromatic carbocycles. The first-order valence-electron chi connectivity index (χ1n) is 6.68. The maximum atomic E-state index is 13.8. The lowest BCUT2D eigenvalue weighted by atomic mass is 10.1. The highest BCUT2D eigenvalue weighted by atomic mass is 19.1. The van der Waals surface area contributed by atoms with Crippen molar-refractivity contribution in [2.45, 2.75) is 38.0 Å². The molecule has 2 aliphatic heterocycles. The fourth-order valence-electron chi connectivity index (χ4n) is 2.92. The van der Waals surface area contributed by atoms with Gasteiger partial charge in [0.1, 0.15) is 17.7 Å². The Kier molecular flexibility index (Phi) is 3.22. The number of benzene rings is 1. The van der Waals surface area contributed by atoms with E-state index in [0.717, 1.165) is 25.0 Å². The van der Waals surface area contributed by atoms with Gasteiger partial charge in [-0.15, -0.1) is 0 Å². The predicted molar refractivity (Wildman–Crippen MR) is 69.2 cm³/mol. The number of halogens is 2. The van der Waals surface area contributed by atoms with Crippen LogP contribution in [0, 0.1) is 11.6 Å². The van der Waals surface area contributed by atoms with Crippen LogP contribution in [0.5, 0.6) is 0 Å². The number of carbonyl (C=O) groups is 1. The Bertz CT molecular complexity index is 564. The van der Waals surface area contributed by atoms with Crippen molar-refractivity contribution in [2.24, 2.45) is 5.73 Å². The summed E-state index contributed by atoms with van der Waals surface area (Å²) in [6, 6.07) is 0.843. The first-order chi connectivity index (χ1) is 9.47. The van der Waals surface area contributed by atoms with Crippen LogP contribution in [0.3, 0.4) is 0 Å².